The van der Waals surface area contributed by atoms with E-state index in [4.69, 9.17) is 10.5 Å². The lowest BCUT2D eigenvalue weighted by Crippen LogP contribution is -2.49. The number of aromatic nitrogens is 3. The molecule has 5 N–H and O–H groups in total. The maximum absolute atomic E-state index is 12.7. The van der Waals surface area contributed by atoms with Crippen LogP contribution in [0.4, 0.5) is 0 Å². The van der Waals surface area contributed by atoms with Gasteiger partial charge in [-0.25, -0.2) is 9.67 Å². The molecule has 0 aliphatic heterocycles. The Morgan fingerprint density at radius 2 is 2.00 bits per heavy atom. The van der Waals surface area contributed by atoms with Gasteiger partial charge in [0.1, 0.15) is 36.7 Å². The lowest BCUT2D eigenvalue weighted by atomic mass is 9.91. The van der Waals surface area contributed by atoms with Crippen molar-refractivity contribution in [2.75, 3.05) is 0 Å². The summed E-state index contributed by atoms with van der Waals surface area (Å²) in [5.74, 6) is -0.556. The highest BCUT2D eigenvalue weighted by Gasteiger charge is 2.35. The van der Waals surface area contributed by atoms with Crippen LogP contribution in [0.2, 0.25) is 0 Å². The van der Waals surface area contributed by atoms with Crippen molar-refractivity contribution in [3.05, 3.63) is 48.6 Å². The van der Waals surface area contributed by atoms with Gasteiger partial charge in [0.25, 0.3) is 0 Å². The van der Waals surface area contributed by atoms with E-state index in [1.54, 1.807) is 35.3 Å². The smallest absolute Gasteiger partial charge is 0.247 e. The minimum Gasteiger partial charge on any atom is -0.484 e. The molecule has 1 aliphatic rings. The highest BCUT2D eigenvalue weighted by molar-refractivity contribution is 5.97. The number of carbonyl (C=O) groups is 2. The monoisotopic (exact) mass is 429 g/mol. The van der Waals surface area contributed by atoms with Crippen molar-refractivity contribution in [1.82, 2.24) is 20.1 Å². The van der Waals surface area contributed by atoms with Crippen molar-refractivity contribution in [1.29, 1.82) is 0 Å². The minimum atomic E-state index is -1.21. The molecule has 2 amide bonds. The van der Waals surface area contributed by atoms with Crippen LogP contribution < -0.4 is 15.8 Å². The summed E-state index contributed by atoms with van der Waals surface area (Å²) < 4.78 is 7.39. The van der Waals surface area contributed by atoms with Gasteiger partial charge in [-0.3, -0.25) is 9.59 Å². The van der Waals surface area contributed by atoms with Gasteiger partial charge in [-0.1, -0.05) is 13.8 Å². The van der Waals surface area contributed by atoms with E-state index < -0.39 is 36.2 Å². The lowest BCUT2D eigenvalue weighted by Gasteiger charge is -2.31. The Labute approximate surface area is 179 Å². The molecule has 3 rings (SSSR count). The molecular formula is C21H27N5O5. The van der Waals surface area contributed by atoms with Crippen molar-refractivity contribution in [2.45, 2.75) is 51.0 Å². The first-order valence-corrected chi connectivity index (χ1v) is 10.0. The first kappa shape index (κ1) is 22.4. The third-order valence-electron chi connectivity index (χ3n) is 4.97. The molecule has 4 unspecified atom stereocenters. The van der Waals surface area contributed by atoms with Crippen LogP contribution in [0.1, 0.15) is 26.7 Å². The SMILES string of the molecule is CC(C)CC(NC(=O)C1=CC(Oc2ccc(-n3cncn3)cc2)C(O)C(O)C1)C(N)=O. The molecule has 0 radical (unpaired) electrons. The zero-order chi connectivity index (χ0) is 22.5. The van der Waals surface area contributed by atoms with Gasteiger partial charge >= 0.3 is 0 Å². The number of ether oxygens (including phenoxy) is 1. The number of primary amides is 1. The Balaban J connectivity index is 1.73. The Morgan fingerprint density at radius 3 is 2.58 bits per heavy atom. The number of aliphatic hydroxyl groups is 2. The van der Waals surface area contributed by atoms with Crippen LogP contribution >= 0.6 is 0 Å². The summed E-state index contributed by atoms with van der Waals surface area (Å²) in [5, 5.41) is 27.2. The second kappa shape index (κ2) is 9.71. The summed E-state index contributed by atoms with van der Waals surface area (Å²) in [6, 6.07) is 6.07. The molecule has 10 nitrogen and oxygen atoms in total. The average Bonchev–Trinajstić information content (AvgIpc) is 3.25. The van der Waals surface area contributed by atoms with E-state index in [0.717, 1.165) is 5.69 Å². The molecule has 31 heavy (non-hydrogen) atoms. The van der Waals surface area contributed by atoms with Crippen molar-refractivity contribution in [3.8, 4) is 11.4 Å². The van der Waals surface area contributed by atoms with E-state index in [1.165, 1.54) is 12.4 Å². The molecule has 166 valence electrons. The van der Waals surface area contributed by atoms with E-state index >= 15 is 0 Å². The molecule has 10 heteroatoms. The Bertz CT molecular complexity index is 926. The van der Waals surface area contributed by atoms with E-state index in [1.807, 2.05) is 13.8 Å². The van der Waals surface area contributed by atoms with Crippen molar-refractivity contribution >= 4 is 11.8 Å². The number of hydrogen-bond donors (Lipinski definition) is 4. The van der Waals surface area contributed by atoms with Gasteiger partial charge in [0.2, 0.25) is 11.8 Å². The molecule has 1 aromatic carbocycles. The number of hydrogen-bond acceptors (Lipinski definition) is 7. The molecule has 1 aliphatic carbocycles. The second-order valence-electron chi connectivity index (χ2n) is 7.93. The van der Waals surface area contributed by atoms with Crippen LogP contribution in [0.15, 0.2) is 48.6 Å². The van der Waals surface area contributed by atoms with Gasteiger partial charge in [0.05, 0.1) is 11.8 Å². The van der Waals surface area contributed by atoms with Crippen molar-refractivity contribution in [3.63, 3.8) is 0 Å². The second-order valence-corrected chi connectivity index (χ2v) is 7.93. The van der Waals surface area contributed by atoms with Crippen molar-refractivity contribution < 1.29 is 24.5 Å². The average molecular weight is 429 g/mol. The third-order valence-corrected chi connectivity index (χ3v) is 4.97. The van der Waals surface area contributed by atoms with Gasteiger partial charge in [0.15, 0.2) is 0 Å². The van der Waals surface area contributed by atoms with E-state index in [0.29, 0.717) is 12.2 Å². The predicted molar refractivity (Wildman–Crippen MR) is 111 cm³/mol. The Morgan fingerprint density at radius 1 is 1.29 bits per heavy atom. The molecule has 2 aromatic rings. The van der Waals surface area contributed by atoms with E-state index in [-0.39, 0.29) is 17.9 Å². The van der Waals surface area contributed by atoms with Gasteiger partial charge in [-0.05, 0) is 42.7 Å². The Kier molecular flexibility index (Phi) is 7.03. The van der Waals surface area contributed by atoms with Crippen molar-refractivity contribution in [2.24, 2.45) is 11.7 Å². The summed E-state index contributed by atoms with van der Waals surface area (Å²) in [5.41, 5.74) is 6.38. The quantitative estimate of drug-likeness (QED) is 0.464. The number of carbonyl (C=O) groups excluding carboxylic acids is 2. The van der Waals surface area contributed by atoms with Crippen LogP contribution in [0, 0.1) is 5.92 Å². The third kappa shape index (κ3) is 5.68. The Hall–Kier alpha value is -3.24. The number of nitrogens with one attached hydrogen (secondary N) is 1. The lowest BCUT2D eigenvalue weighted by molar-refractivity contribution is -0.126. The maximum Gasteiger partial charge on any atom is 0.247 e. The highest BCUT2D eigenvalue weighted by Crippen LogP contribution is 2.25. The zero-order valence-corrected chi connectivity index (χ0v) is 17.4. The molecule has 0 spiro atoms. The minimum absolute atomic E-state index is 0.0642. The summed E-state index contributed by atoms with van der Waals surface area (Å²) >= 11 is 0. The molecule has 0 saturated carbocycles. The van der Waals surface area contributed by atoms with E-state index in [9.17, 15) is 19.8 Å². The summed E-state index contributed by atoms with van der Waals surface area (Å²) in [7, 11) is 0. The van der Waals surface area contributed by atoms with Gasteiger partial charge in [-0.15, -0.1) is 0 Å². The molecular weight excluding hydrogens is 402 g/mol. The maximum atomic E-state index is 12.7. The molecule has 0 saturated heterocycles. The van der Waals surface area contributed by atoms with Crippen LogP contribution in [0.3, 0.4) is 0 Å². The van der Waals surface area contributed by atoms with Crippen LogP contribution in [0.5, 0.6) is 5.75 Å². The normalized spacial score (nSPS) is 22.0. The highest BCUT2D eigenvalue weighted by atomic mass is 16.5. The number of nitrogens with two attached hydrogens (primary N) is 1. The fourth-order valence-electron chi connectivity index (χ4n) is 3.35. The predicted octanol–water partition coefficient (Wildman–Crippen LogP) is 0.0828. The first-order chi connectivity index (χ1) is 14.7. The topological polar surface area (TPSA) is 153 Å². The molecule has 1 aromatic heterocycles. The van der Waals surface area contributed by atoms with Crippen LogP contribution in [0.25, 0.3) is 5.69 Å². The van der Waals surface area contributed by atoms with Gasteiger partial charge < -0.3 is 26.0 Å². The molecule has 0 fully saturated rings. The zero-order valence-electron chi connectivity index (χ0n) is 17.4. The summed E-state index contributed by atoms with van der Waals surface area (Å²) in [4.78, 5) is 28.2. The number of rotatable bonds is 8. The summed E-state index contributed by atoms with van der Waals surface area (Å²) in [6.07, 6.45) is 1.43. The van der Waals surface area contributed by atoms with Gasteiger partial charge in [-0.2, -0.15) is 5.10 Å². The molecule has 1 heterocycles. The molecule has 0 bridgehead atoms. The standard InChI is InChI=1S/C21H27N5O5/c1-12(2)7-16(20(22)29)25-21(30)13-8-17(27)19(28)18(9-13)31-15-5-3-14(4-6-15)26-11-23-10-24-26/h3-6,9-12,16-19,27-28H,7-8H2,1-2H3,(H2,22,29)(H,25,30). The van der Waals surface area contributed by atoms with Crippen LogP contribution in [-0.2, 0) is 9.59 Å². The number of benzene rings is 1. The largest absolute Gasteiger partial charge is 0.484 e. The number of aliphatic hydroxyl groups excluding tert-OH is 2. The molecule has 4 atom stereocenters. The fourth-order valence-corrected chi connectivity index (χ4v) is 3.35. The number of amides is 2. The van der Waals surface area contributed by atoms with Gasteiger partial charge in [0, 0.05) is 12.0 Å². The van der Waals surface area contributed by atoms with E-state index in [2.05, 4.69) is 15.4 Å². The summed E-state index contributed by atoms with van der Waals surface area (Å²) in [6.45, 7) is 3.83. The first-order valence-electron chi connectivity index (χ1n) is 10.0. The van der Waals surface area contributed by atoms with Crippen LogP contribution in [-0.4, -0.2) is 61.1 Å². The fraction of sp³-hybridized carbons (Fsp3) is 0.429. The number of nitrogens with zero attached hydrogens (tertiary/aromatic N) is 3.